The first-order chi connectivity index (χ1) is 7.69. The van der Waals surface area contributed by atoms with Gasteiger partial charge in [0.15, 0.2) is 5.58 Å². The number of aliphatic hydroxyl groups excluding tert-OH is 1. The van der Waals surface area contributed by atoms with Gasteiger partial charge >= 0.3 is 4.94 Å². The average molecular weight is 241 g/mol. The minimum Gasteiger partial charge on any atom is -0.491 e. The molecule has 0 amide bonds. The van der Waals surface area contributed by atoms with Crippen molar-refractivity contribution in [3.8, 4) is 5.75 Å². The van der Waals surface area contributed by atoms with E-state index in [-0.39, 0.29) is 18.1 Å². The summed E-state index contributed by atoms with van der Waals surface area (Å²) in [5, 5.41) is 9.22. The molecular formula is C10H11NO4S. The van der Waals surface area contributed by atoms with Crippen molar-refractivity contribution in [1.82, 2.24) is 0 Å². The summed E-state index contributed by atoms with van der Waals surface area (Å²) in [6.45, 7) is 0.270. The third-order valence-corrected chi connectivity index (χ3v) is 2.82. The number of benzene rings is 1. The standard InChI is InChI=1S/C10H11NO4S/c11-4-6(12)5-14-7-1-2-9-8(3-7)15-10(13)16-9/h1-3,6,12H,4-5,11H2. The number of aliphatic hydroxyl groups is 1. The molecule has 3 N–H and O–H groups in total. The fourth-order valence-corrected chi connectivity index (χ4v) is 1.85. The zero-order valence-corrected chi connectivity index (χ0v) is 9.20. The molecule has 1 aromatic carbocycles. The molecule has 1 unspecified atom stereocenters. The van der Waals surface area contributed by atoms with Crippen LogP contribution in [0.1, 0.15) is 0 Å². The van der Waals surface area contributed by atoms with Crippen LogP contribution in [-0.2, 0) is 0 Å². The summed E-state index contributed by atoms with van der Waals surface area (Å²) >= 11 is 1.04. The van der Waals surface area contributed by atoms with Gasteiger partial charge in [-0.15, -0.1) is 0 Å². The molecule has 0 aliphatic carbocycles. The van der Waals surface area contributed by atoms with Crippen LogP contribution in [0.3, 0.4) is 0 Å². The van der Waals surface area contributed by atoms with E-state index in [1.807, 2.05) is 0 Å². The molecule has 6 heteroatoms. The maximum absolute atomic E-state index is 11.0. The number of rotatable bonds is 4. The van der Waals surface area contributed by atoms with Crippen LogP contribution in [0.4, 0.5) is 0 Å². The fourth-order valence-electron chi connectivity index (χ4n) is 1.20. The van der Waals surface area contributed by atoms with E-state index in [2.05, 4.69) is 0 Å². The molecular weight excluding hydrogens is 230 g/mol. The molecule has 0 radical (unpaired) electrons. The Bertz CT molecular complexity index is 533. The van der Waals surface area contributed by atoms with Gasteiger partial charge in [0, 0.05) is 12.6 Å². The van der Waals surface area contributed by atoms with Crippen LogP contribution in [-0.4, -0.2) is 24.4 Å². The zero-order valence-electron chi connectivity index (χ0n) is 8.38. The van der Waals surface area contributed by atoms with Crippen molar-refractivity contribution in [3.63, 3.8) is 0 Å². The van der Waals surface area contributed by atoms with E-state index in [4.69, 9.17) is 14.9 Å². The van der Waals surface area contributed by atoms with Gasteiger partial charge in [-0.3, -0.25) is 0 Å². The molecule has 0 saturated carbocycles. The van der Waals surface area contributed by atoms with E-state index in [9.17, 15) is 9.90 Å². The lowest BCUT2D eigenvalue weighted by molar-refractivity contribution is 0.114. The summed E-state index contributed by atoms with van der Waals surface area (Å²) in [6, 6.07) is 5.09. The molecule has 0 bridgehead atoms. The molecule has 0 aliphatic rings. The van der Waals surface area contributed by atoms with Gasteiger partial charge < -0.3 is 20.0 Å². The second-order valence-electron chi connectivity index (χ2n) is 3.26. The quantitative estimate of drug-likeness (QED) is 0.816. The van der Waals surface area contributed by atoms with Crippen LogP contribution < -0.4 is 15.4 Å². The maximum Gasteiger partial charge on any atom is 0.396 e. The Balaban J connectivity index is 2.16. The monoisotopic (exact) mass is 241 g/mol. The highest BCUT2D eigenvalue weighted by Crippen LogP contribution is 2.22. The Kier molecular flexibility index (Phi) is 3.23. The zero-order chi connectivity index (χ0) is 11.5. The molecule has 1 aromatic heterocycles. The predicted octanol–water partition coefficient (Wildman–Crippen LogP) is 0.553. The van der Waals surface area contributed by atoms with E-state index in [0.717, 1.165) is 16.0 Å². The number of fused-ring (bicyclic) bond motifs is 1. The molecule has 1 heterocycles. The predicted molar refractivity (Wildman–Crippen MR) is 60.9 cm³/mol. The lowest BCUT2D eigenvalue weighted by Crippen LogP contribution is -2.26. The lowest BCUT2D eigenvalue weighted by atomic mass is 10.3. The molecule has 1 atom stereocenters. The SMILES string of the molecule is NCC(O)COc1ccc2sc(=O)oc2c1. The molecule has 86 valence electrons. The highest BCUT2D eigenvalue weighted by molar-refractivity contribution is 7.16. The van der Waals surface area contributed by atoms with Crippen LogP contribution in [0.2, 0.25) is 0 Å². The molecule has 16 heavy (non-hydrogen) atoms. The molecule has 2 aromatic rings. The van der Waals surface area contributed by atoms with Crippen molar-refractivity contribution in [1.29, 1.82) is 0 Å². The summed E-state index contributed by atoms with van der Waals surface area (Å²) in [5.74, 6) is 0.543. The van der Waals surface area contributed by atoms with Crippen LogP contribution in [0, 0.1) is 0 Å². The summed E-state index contributed by atoms with van der Waals surface area (Å²) in [4.78, 5) is 10.6. The summed E-state index contributed by atoms with van der Waals surface area (Å²) in [7, 11) is 0. The van der Waals surface area contributed by atoms with Crippen molar-refractivity contribution >= 4 is 21.6 Å². The minimum atomic E-state index is -0.690. The largest absolute Gasteiger partial charge is 0.491 e. The van der Waals surface area contributed by atoms with Gasteiger partial charge in [0.05, 0.1) is 4.70 Å². The normalized spacial score (nSPS) is 12.9. The van der Waals surface area contributed by atoms with E-state index in [1.54, 1.807) is 18.2 Å². The van der Waals surface area contributed by atoms with Gasteiger partial charge in [-0.05, 0) is 12.1 Å². The van der Waals surface area contributed by atoms with Crippen LogP contribution in [0.25, 0.3) is 10.3 Å². The van der Waals surface area contributed by atoms with Crippen LogP contribution >= 0.6 is 11.3 Å². The summed E-state index contributed by atoms with van der Waals surface area (Å²) in [5.41, 5.74) is 5.74. The highest BCUT2D eigenvalue weighted by Gasteiger charge is 2.05. The highest BCUT2D eigenvalue weighted by atomic mass is 32.1. The van der Waals surface area contributed by atoms with Gasteiger partial charge in [-0.1, -0.05) is 11.3 Å². The molecule has 0 saturated heterocycles. The van der Waals surface area contributed by atoms with Crippen molar-refractivity contribution in [2.75, 3.05) is 13.2 Å². The summed E-state index contributed by atoms with van der Waals surface area (Å²) in [6.07, 6.45) is -0.690. The first-order valence-corrected chi connectivity index (χ1v) is 5.55. The third kappa shape index (κ3) is 2.41. The van der Waals surface area contributed by atoms with E-state index >= 15 is 0 Å². The third-order valence-electron chi connectivity index (χ3n) is 2.02. The number of ether oxygens (including phenoxy) is 1. The number of hydrogen-bond donors (Lipinski definition) is 2. The average Bonchev–Trinajstić information content (AvgIpc) is 2.65. The fraction of sp³-hybridized carbons (Fsp3) is 0.300. The molecule has 0 aliphatic heterocycles. The second-order valence-corrected chi connectivity index (χ2v) is 4.24. The van der Waals surface area contributed by atoms with Gasteiger partial charge in [0.25, 0.3) is 0 Å². The Morgan fingerprint density at radius 2 is 2.38 bits per heavy atom. The van der Waals surface area contributed by atoms with Crippen LogP contribution in [0.5, 0.6) is 5.75 Å². The van der Waals surface area contributed by atoms with E-state index in [0.29, 0.717) is 11.3 Å². The van der Waals surface area contributed by atoms with Gasteiger partial charge in [-0.2, -0.15) is 0 Å². The molecule has 2 rings (SSSR count). The van der Waals surface area contributed by atoms with Gasteiger partial charge in [0.2, 0.25) is 0 Å². The van der Waals surface area contributed by atoms with Crippen molar-refractivity contribution in [3.05, 3.63) is 27.9 Å². The molecule has 0 spiro atoms. The Hall–Kier alpha value is -1.37. The van der Waals surface area contributed by atoms with Crippen molar-refractivity contribution in [2.24, 2.45) is 5.73 Å². The van der Waals surface area contributed by atoms with Gasteiger partial charge in [-0.25, -0.2) is 4.79 Å². The van der Waals surface area contributed by atoms with Crippen LogP contribution in [0.15, 0.2) is 27.4 Å². The number of nitrogens with two attached hydrogens (primary N) is 1. The summed E-state index contributed by atoms with van der Waals surface area (Å²) < 4.78 is 11.0. The Morgan fingerprint density at radius 1 is 1.56 bits per heavy atom. The van der Waals surface area contributed by atoms with Crippen molar-refractivity contribution in [2.45, 2.75) is 6.10 Å². The van der Waals surface area contributed by atoms with E-state index in [1.165, 1.54) is 0 Å². The van der Waals surface area contributed by atoms with Crippen molar-refractivity contribution < 1.29 is 14.3 Å². The van der Waals surface area contributed by atoms with Gasteiger partial charge in [0.1, 0.15) is 18.5 Å². The lowest BCUT2D eigenvalue weighted by Gasteiger charge is -2.09. The minimum absolute atomic E-state index is 0.121. The first kappa shape index (κ1) is 11.1. The topological polar surface area (TPSA) is 85.7 Å². The second kappa shape index (κ2) is 4.65. The Labute approximate surface area is 95.1 Å². The maximum atomic E-state index is 11.0. The number of hydrogen-bond acceptors (Lipinski definition) is 6. The molecule has 0 fully saturated rings. The first-order valence-electron chi connectivity index (χ1n) is 4.73. The molecule has 5 nitrogen and oxygen atoms in total. The Morgan fingerprint density at radius 3 is 3.12 bits per heavy atom. The smallest absolute Gasteiger partial charge is 0.396 e. The van der Waals surface area contributed by atoms with E-state index < -0.39 is 6.10 Å².